The molecule has 0 spiro atoms. The van der Waals surface area contributed by atoms with E-state index in [1.807, 2.05) is 0 Å². The summed E-state index contributed by atoms with van der Waals surface area (Å²) in [5, 5.41) is 17.8. The maximum Gasteiger partial charge on any atom is 0.416 e. The average molecular weight is 369 g/mol. The molecule has 0 aliphatic carbocycles. The van der Waals surface area contributed by atoms with Gasteiger partial charge in [0.05, 0.1) is 16.7 Å². The summed E-state index contributed by atoms with van der Waals surface area (Å²) in [6.45, 7) is 0. The molecule has 9 heteroatoms. The second kappa shape index (κ2) is 5.99. The Balaban J connectivity index is 1.96. The van der Waals surface area contributed by atoms with Gasteiger partial charge in [0.1, 0.15) is 5.71 Å². The highest BCUT2D eigenvalue weighted by Crippen LogP contribution is 2.31. The molecule has 0 fully saturated rings. The second-order valence-electron chi connectivity index (χ2n) is 4.98. The van der Waals surface area contributed by atoms with Gasteiger partial charge in [-0.05, 0) is 30.4 Å². The van der Waals surface area contributed by atoms with Gasteiger partial charge in [-0.25, -0.2) is 0 Å². The van der Waals surface area contributed by atoms with E-state index in [0.29, 0.717) is 25.7 Å². The van der Waals surface area contributed by atoms with Crippen LogP contribution in [0.3, 0.4) is 0 Å². The van der Waals surface area contributed by atoms with Crippen molar-refractivity contribution in [1.29, 1.82) is 0 Å². The molecular weight excluding hydrogens is 359 g/mol. The van der Waals surface area contributed by atoms with E-state index in [-0.39, 0.29) is 5.88 Å². The molecule has 0 bridgehead atoms. The van der Waals surface area contributed by atoms with Gasteiger partial charge in [-0.1, -0.05) is 12.1 Å². The second-order valence-corrected chi connectivity index (χ2v) is 6.66. The Bertz CT molecular complexity index is 934. The number of aromatic nitrogens is 1. The third kappa shape index (κ3) is 3.04. The number of benzene rings is 1. The van der Waals surface area contributed by atoms with Crippen LogP contribution >= 0.6 is 23.6 Å². The molecule has 0 saturated carbocycles. The van der Waals surface area contributed by atoms with Crippen molar-refractivity contribution in [1.82, 2.24) is 4.57 Å². The zero-order chi connectivity index (χ0) is 17.5. The Kier molecular flexibility index (Phi) is 4.14. The maximum atomic E-state index is 12.6. The van der Waals surface area contributed by atoms with Crippen LogP contribution in [0.5, 0.6) is 5.88 Å². The van der Waals surface area contributed by atoms with Crippen LogP contribution in [0.2, 0.25) is 0 Å². The molecule has 1 aromatic carbocycles. The molecule has 0 atom stereocenters. The fourth-order valence-corrected chi connectivity index (χ4v) is 3.29. The number of alkyl halides is 3. The summed E-state index contributed by atoms with van der Waals surface area (Å²) in [4.78, 5) is 0.533. The first-order valence-corrected chi connectivity index (χ1v) is 7.89. The van der Waals surface area contributed by atoms with Crippen LogP contribution in [0.4, 0.5) is 13.2 Å². The lowest BCUT2D eigenvalue weighted by molar-refractivity contribution is -0.137. The average Bonchev–Trinajstić information content (AvgIpc) is 3.08. The van der Waals surface area contributed by atoms with Crippen LogP contribution in [-0.4, -0.2) is 21.6 Å². The summed E-state index contributed by atoms with van der Waals surface area (Å²) in [7, 11) is 1.64. The third-order valence-corrected chi connectivity index (χ3v) is 4.90. The highest BCUT2D eigenvalue weighted by molar-refractivity contribution is 7.73. The fourth-order valence-electron chi connectivity index (χ4n) is 2.11. The Morgan fingerprint density at radius 3 is 2.46 bits per heavy atom. The highest BCUT2D eigenvalue weighted by atomic mass is 32.1. The summed E-state index contributed by atoms with van der Waals surface area (Å²) in [6, 6.07) is 4.68. The standard InChI is InChI=1S/C15H10F3N3OS2/c1-21-13(22)11(24-14(21)23)6-9-7-19-20-12(9)8-2-4-10(5-3-8)15(16,17)18/h2-7,22H,1H3. The van der Waals surface area contributed by atoms with Crippen molar-refractivity contribution in [3.05, 3.63) is 49.8 Å². The number of hydrogen-bond donors (Lipinski definition) is 1. The summed E-state index contributed by atoms with van der Waals surface area (Å²) in [5.74, 6) is 0.0181. The molecule has 1 aliphatic heterocycles. The summed E-state index contributed by atoms with van der Waals surface area (Å²) < 4.78 is 39.9. The predicted molar refractivity (Wildman–Crippen MR) is 90.2 cm³/mol. The molecule has 0 saturated heterocycles. The lowest BCUT2D eigenvalue weighted by Gasteiger charge is -2.08. The maximum absolute atomic E-state index is 12.6. The van der Waals surface area contributed by atoms with Crippen molar-refractivity contribution in [3.8, 4) is 5.88 Å². The fraction of sp³-hybridized carbons (Fsp3) is 0.133. The van der Waals surface area contributed by atoms with E-state index in [4.69, 9.17) is 12.2 Å². The molecule has 2 heterocycles. The largest absolute Gasteiger partial charge is 0.493 e. The van der Waals surface area contributed by atoms with E-state index < -0.39 is 11.7 Å². The van der Waals surface area contributed by atoms with E-state index in [1.54, 1.807) is 13.1 Å². The topological polar surface area (TPSA) is 49.9 Å². The van der Waals surface area contributed by atoms with Crippen LogP contribution in [0.1, 0.15) is 16.0 Å². The van der Waals surface area contributed by atoms with Crippen LogP contribution < -0.4 is 0 Å². The van der Waals surface area contributed by atoms with Gasteiger partial charge in [0.2, 0.25) is 5.88 Å². The van der Waals surface area contributed by atoms with E-state index >= 15 is 0 Å². The lowest BCUT2D eigenvalue weighted by Crippen LogP contribution is -2.07. The summed E-state index contributed by atoms with van der Waals surface area (Å²) >= 11 is 6.31. The number of rotatable bonds is 2. The SMILES string of the molecule is Cn1c(O)c(C=C2C=NN=C2c2ccc(C(F)(F)F)cc2)sc1=S. The monoisotopic (exact) mass is 369 g/mol. The molecule has 2 aromatic rings. The van der Waals surface area contributed by atoms with Crippen LogP contribution in [0, 0.1) is 3.95 Å². The van der Waals surface area contributed by atoms with E-state index in [1.165, 1.54) is 34.3 Å². The normalized spacial score (nSPS) is 16.0. The molecule has 0 unspecified atom stereocenters. The van der Waals surface area contributed by atoms with Crippen LogP contribution in [0.25, 0.3) is 6.08 Å². The quantitative estimate of drug-likeness (QED) is 0.797. The number of thiazole rings is 1. The highest BCUT2D eigenvalue weighted by Gasteiger charge is 2.30. The molecular formula is C15H10F3N3OS2. The van der Waals surface area contributed by atoms with Crippen molar-refractivity contribution < 1.29 is 18.3 Å². The van der Waals surface area contributed by atoms with Crippen LogP contribution in [-0.2, 0) is 13.2 Å². The van der Waals surface area contributed by atoms with Gasteiger partial charge in [-0.3, -0.25) is 4.57 Å². The van der Waals surface area contributed by atoms with Crippen molar-refractivity contribution in [2.75, 3.05) is 0 Å². The molecule has 24 heavy (non-hydrogen) atoms. The van der Waals surface area contributed by atoms with Crippen molar-refractivity contribution in [2.24, 2.45) is 17.3 Å². The minimum atomic E-state index is -4.39. The first-order chi connectivity index (χ1) is 11.3. The third-order valence-electron chi connectivity index (χ3n) is 3.41. The van der Waals surface area contributed by atoms with Gasteiger partial charge < -0.3 is 5.11 Å². The number of hydrogen-bond acceptors (Lipinski definition) is 5. The predicted octanol–water partition coefficient (Wildman–Crippen LogP) is 4.41. The molecule has 1 aliphatic rings. The Labute approximate surface area is 143 Å². The lowest BCUT2D eigenvalue weighted by atomic mass is 10.0. The number of halogens is 3. The van der Waals surface area contributed by atoms with E-state index in [0.717, 1.165) is 12.1 Å². The van der Waals surface area contributed by atoms with Gasteiger partial charge in [0.15, 0.2) is 3.95 Å². The van der Waals surface area contributed by atoms with Gasteiger partial charge in [0.25, 0.3) is 0 Å². The van der Waals surface area contributed by atoms with Crippen LogP contribution in [0.15, 0.2) is 40.0 Å². The van der Waals surface area contributed by atoms with Gasteiger partial charge in [-0.15, -0.1) is 16.4 Å². The Morgan fingerprint density at radius 1 is 1.25 bits per heavy atom. The molecule has 124 valence electrons. The summed E-state index contributed by atoms with van der Waals surface area (Å²) in [5.41, 5.74) is 0.799. The Morgan fingerprint density at radius 2 is 1.92 bits per heavy atom. The van der Waals surface area contributed by atoms with Gasteiger partial charge in [0, 0.05) is 18.2 Å². The molecule has 0 radical (unpaired) electrons. The molecule has 1 aromatic heterocycles. The molecule has 3 rings (SSSR count). The minimum absolute atomic E-state index is 0.0181. The van der Waals surface area contributed by atoms with Crippen molar-refractivity contribution in [2.45, 2.75) is 6.18 Å². The first-order valence-electron chi connectivity index (χ1n) is 6.67. The molecule has 1 N–H and O–H groups in total. The number of nitrogens with zero attached hydrogens (tertiary/aromatic N) is 3. The van der Waals surface area contributed by atoms with E-state index in [9.17, 15) is 18.3 Å². The van der Waals surface area contributed by atoms with Crippen molar-refractivity contribution in [3.63, 3.8) is 0 Å². The summed E-state index contributed by atoms with van der Waals surface area (Å²) in [6.07, 6.45) is -1.25. The zero-order valence-corrected chi connectivity index (χ0v) is 13.8. The van der Waals surface area contributed by atoms with E-state index in [2.05, 4.69) is 10.2 Å². The Hall–Kier alpha value is -2.26. The molecule has 0 amide bonds. The molecule has 4 nitrogen and oxygen atoms in total. The number of aromatic hydroxyl groups is 1. The minimum Gasteiger partial charge on any atom is -0.493 e. The van der Waals surface area contributed by atoms with Gasteiger partial charge in [-0.2, -0.15) is 18.3 Å². The smallest absolute Gasteiger partial charge is 0.416 e. The zero-order valence-electron chi connectivity index (χ0n) is 12.2. The number of allylic oxidation sites excluding steroid dienone is 1. The van der Waals surface area contributed by atoms with Crippen molar-refractivity contribution >= 4 is 41.6 Å². The van der Waals surface area contributed by atoms with Gasteiger partial charge >= 0.3 is 6.18 Å². The first kappa shape index (κ1) is 16.6.